The number of hydrogen-bond acceptors (Lipinski definition) is 3. The van der Waals surface area contributed by atoms with E-state index in [0.717, 1.165) is 22.0 Å². The predicted octanol–water partition coefficient (Wildman–Crippen LogP) is 5.43. The molecule has 0 saturated carbocycles. The van der Waals surface area contributed by atoms with Gasteiger partial charge in [-0.05, 0) is 55.3 Å². The first kappa shape index (κ1) is 19.2. The van der Waals surface area contributed by atoms with E-state index < -0.39 is 5.97 Å². The number of fused-ring (bicyclic) bond motifs is 1. The standard InChI is InChI=1S/C22H20Cl2N2O2/c23-18-6-3-5-17(20(18)24)21(26-10-8-14(9-11-26)22(27)28)16-12-15-4-1-2-7-19(15)25-13-16/h1-7,12-14,21H,8-11H2,(H,27,28). The van der Waals surface area contributed by atoms with Crippen LogP contribution < -0.4 is 0 Å². The van der Waals surface area contributed by atoms with Crippen molar-refractivity contribution < 1.29 is 9.90 Å². The van der Waals surface area contributed by atoms with E-state index in [0.29, 0.717) is 36.0 Å². The van der Waals surface area contributed by atoms with Gasteiger partial charge in [-0.3, -0.25) is 14.7 Å². The topological polar surface area (TPSA) is 53.4 Å². The molecule has 144 valence electrons. The van der Waals surface area contributed by atoms with Crippen LogP contribution in [0.3, 0.4) is 0 Å². The third-order valence-corrected chi connectivity index (χ3v) is 6.28. The van der Waals surface area contributed by atoms with Gasteiger partial charge in [-0.2, -0.15) is 0 Å². The molecule has 1 fully saturated rings. The largest absolute Gasteiger partial charge is 0.481 e. The monoisotopic (exact) mass is 414 g/mol. The Bertz CT molecular complexity index is 1020. The van der Waals surface area contributed by atoms with Gasteiger partial charge in [0.1, 0.15) is 0 Å². The minimum atomic E-state index is -0.718. The zero-order chi connectivity index (χ0) is 19.7. The van der Waals surface area contributed by atoms with E-state index in [2.05, 4.69) is 16.0 Å². The van der Waals surface area contributed by atoms with Gasteiger partial charge in [0.15, 0.2) is 0 Å². The van der Waals surface area contributed by atoms with E-state index in [1.807, 2.05) is 42.6 Å². The summed E-state index contributed by atoms with van der Waals surface area (Å²) in [5, 5.41) is 11.4. The van der Waals surface area contributed by atoms with Crippen molar-refractivity contribution in [1.29, 1.82) is 0 Å². The number of rotatable bonds is 4. The fourth-order valence-electron chi connectivity index (χ4n) is 3.96. The summed E-state index contributed by atoms with van der Waals surface area (Å²) in [7, 11) is 0. The maximum atomic E-state index is 11.3. The number of nitrogens with zero attached hydrogens (tertiary/aromatic N) is 2. The van der Waals surface area contributed by atoms with Crippen LogP contribution in [0.15, 0.2) is 54.7 Å². The number of benzene rings is 2. The molecule has 2 heterocycles. The zero-order valence-corrected chi connectivity index (χ0v) is 16.7. The minimum Gasteiger partial charge on any atom is -0.481 e. The molecule has 4 nitrogen and oxygen atoms in total. The van der Waals surface area contributed by atoms with Crippen LogP contribution >= 0.6 is 23.2 Å². The maximum absolute atomic E-state index is 11.3. The number of likely N-dealkylation sites (tertiary alicyclic amines) is 1. The smallest absolute Gasteiger partial charge is 0.306 e. The molecule has 1 aliphatic rings. The van der Waals surface area contributed by atoms with Crippen molar-refractivity contribution in [3.05, 3.63) is 75.9 Å². The van der Waals surface area contributed by atoms with E-state index in [9.17, 15) is 9.90 Å². The molecule has 6 heteroatoms. The van der Waals surface area contributed by atoms with Crippen LogP contribution in [0.4, 0.5) is 0 Å². The summed E-state index contributed by atoms with van der Waals surface area (Å²) in [6.07, 6.45) is 3.11. The van der Waals surface area contributed by atoms with Crippen molar-refractivity contribution in [2.24, 2.45) is 5.92 Å². The number of piperidine rings is 1. The molecule has 0 amide bonds. The lowest BCUT2D eigenvalue weighted by atomic mass is 9.91. The van der Waals surface area contributed by atoms with E-state index in [1.165, 1.54) is 0 Å². The average Bonchev–Trinajstić information content (AvgIpc) is 2.71. The second-order valence-electron chi connectivity index (χ2n) is 7.16. The molecule has 1 saturated heterocycles. The molecule has 1 atom stereocenters. The first-order valence-electron chi connectivity index (χ1n) is 9.30. The lowest BCUT2D eigenvalue weighted by Crippen LogP contribution is -2.39. The molecule has 1 aromatic heterocycles. The van der Waals surface area contributed by atoms with Gasteiger partial charge in [0.05, 0.1) is 27.5 Å². The number of carbonyl (C=O) groups is 1. The number of aliphatic carboxylic acids is 1. The molecule has 3 aromatic rings. The Hall–Kier alpha value is -2.14. The molecule has 0 aliphatic carbocycles. The third kappa shape index (κ3) is 3.72. The highest BCUT2D eigenvalue weighted by molar-refractivity contribution is 6.42. The quantitative estimate of drug-likeness (QED) is 0.618. The van der Waals surface area contributed by atoms with Gasteiger partial charge in [-0.25, -0.2) is 0 Å². The first-order chi connectivity index (χ1) is 13.5. The Kier molecular flexibility index (Phi) is 5.54. The second-order valence-corrected chi connectivity index (χ2v) is 7.94. The molecule has 0 radical (unpaired) electrons. The van der Waals surface area contributed by atoms with Crippen LogP contribution in [0.1, 0.15) is 30.0 Å². The number of hydrogen-bond donors (Lipinski definition) is 1. The van der Waals surface area contributed by atoms with Crippen molar-refractivity contribution in [3.63, 3.8) is 0 Å². The maximum Gasteiger partial charge on any atom is 0.306 e. The van der Waals surface area contributed by atoms with Crippen molar-refractivity contribution in [1.82, 2.24) is 9.88 Å². The Morgan fingerprint density at radius 3 is 2.61 bits per heavy atom. The van der Waals surface area contributed by atoms with Gasteiger partial charge >= 0.3 is 5.97 Å². The van der Waals surface area contributed by atoms with Gasteiger partial charge in [0, 0.05) is 11.6 Å². The van der Waals surface area contributed by atoms with Crippen molar-refractivity contribution in [3.8, 4) is 0 Å². The molecule has 1 aliphatic heterocycles. The second kappa shape index (κ2) is 8.08. The van der Waals surface area contributed by atoms with Crippen molar-refractivity contribution in [2.45, 2.75) is 18.9 Å². The Morgan fingerprint density at radius 2 is 1.86 bits per heavy atom. The number of halogens is 2. The Balaban J connectivity index is 1.77. The lowest BCUT2D eigenvalue weighted by molar-refractivity contribution is -0.143. The number of carboxylic acid groups (broad SMARTS) is 1. The van der Waals surface area contributed by atoms with Crippen molar-refractivity contribution >= 4 is 40.1 Å². The Labute approximate surface area is 173 Å². The van der Waals surface area contributed by atoms with Gasteiger partial charge in [-0.1, -0.05) is 53.5 Å². The summed E-state index contributed by atoms with van der Waals surface area (Å²) in [6, 6.07) is 15.7. The van der Waals surface area contributed by atoms with Crippen LogP contribution in [0.25, 0.3) is 10.9 Å². The summed E-state index contributed by atoms with van der Waals surface area (Å²) >= 11 is 12.9. The molecular weight excluding hydrogens is 395 g/mol. The summed E-state index contributed by atoms with van der Waals surface area (Å²) in [5.41, 5.74) is 2.88. The fraction of sp³-hybridized carbons (Fsp3) is 0.273. The molecule has 2 aromatic carbocycles. The first-order valence-corrected chi connectivity index (χ1v) is 10.1. The number of pyridine rings is 1. The summed E-state index contributed by atoms with van der Waals surface area (Å²) in [5.74, 6) is -1.01. The van der Waals surface area contributed by atoms with Crippen LogP contribution in [0.5, 0.6) is 0 Å². The van der Waals surface area contributed by atoms with E-state index in [1.54, 1.807) is 6.07 Å². The minimum absolute atomic E-state index is 0.127. The average molecular weight is 415 g/mol. The highest BCUT2D eigenvalue weighted by Crippen LogP contribution is 2.39. The highest BCUT2D eigenvalue weighted by atomic mass is 35.5. The van der Waals surface area contributed by atoms with Crippen LogP contribution in [0.2, 0.25) is 10.0 Å². The predicted molar refractivity (Wildman–Crippen MR) is 112 cm³/mol. The molecule has 28 heavy (non-hydrogen) atoms. The molecule has 4 rings (SSSR count). The number of para-hydroxylation sites is 1. The normalized spacial score (nSPS) is 16.9. The summed E-state index contributed by atoms with van der Waals surface area (Å²) in [6.45, 7) is 1.36. The van der Waals surface area contributed by atoms with E-state index in [4.69, 9.17) is 23.2 Å². The fourth-order valence-corrected chi connectivity index (χ4v) is 4.37. The van der Waals surface area contributed by atoms with Gasteiger partial charge in [0.2, 0.25) is 0 Å². The zero-order valence-electron chi connectivity index (χ0n) is 15.2. The van der Waals surface area contributed by atoms with Crippen LogP contribution in [-0.4, -0.2) is 34.0 Å². The number of carboxylic acids is 1. The summed E-state index contributed by atoms with van der Waals surface area (Å²) in [4.78, 5) is 18.3. The third-order valence-electron chi connectivity index (χ3n) is 5.45. The van der Waals surface area contributed by atoms with Crippen LogP contribution in [0, 0.1) is 5.92 Å². The van der Waals surface area contributed by atoms with E-state index >= 15 is 0 Å². The SMILES string of the molecule is O=C(O)C1CCN(C(c2cnc3ccccc3c2)c2cccc(Cl)c2Cl)CC1. The molecule has 1 N–H and O–H groups in total. The highest BCUT2D eigenvalue weighted by Gasteiger charge is 2.31. The lowest BCUT2D eigenvalue weighted by Gasteiger charge is -2.37. The van der Waals surface area contributed by atoms with Gasteiger partial charge < -0.3 is 5.11 Å². The Morgan fingerprint density at radius 1 is 1.11 bits per heavy atom. The molecular formula is C22H20Cl2N2O2. The van der Waals surface area contributed by atoms with Gasteiger partial charge in [0.25, 0.3) is 0 Å². The molecule has 0 spiro atoms. The van der Waals surface area contributed by atoms with Gasteiger partial charge in [-0.15, -0.1) is 0 Å². The molecule has 1 unspecified atom stereocenters. The number of aromatic nitrogens is 1. The van der Waals surface area contributed by atoms with Crippen LogP contribution in [-0.2, 0) is 4.79 Å². The van der Waals surface area contributed by atoms with E-state index in [-0.39, 0.29) is 12.0 Å². The molecule has 0 bridgehead atoms. The summed E-state index contributed by atoms with van der Waals surface area (Å²) < 4.78 is 0. The van der Waals surface area contributed by atoms with Crippen molar-refractivity contribution in [2.75, 3.05) is 13.1 Å².